The van der Waals surface area contributed by atoms with Crippen molar-refractivity contribution in [2.24, 2.45) is 11.3 Å². The van der Waals surface area contributed by atoms with Crippen molar-refractivity contribution >= 4 is 5.78 Å². The summed E-state index contributed by atoms with van der Waals surface area (Å²) in [5, 5.41) is 0. The fraction of sp³-hybridized carbons (Fsp3) is 0.900. The van der Waals surface area contributed by atoms with E-state index in [1.54, 1.807) is 0 Å². The van der Waals surface area contributed by atoms with Gasteiger partial charge in [-0.15, -0.1) is 0 Å². The lowest BCUT2D eigenvalue weighted by Gasteiger charge is -2.19. The van der Waals surface area contributed by atoms with Crippen LogP contribution in [-0.4, -0.2) is 5.78 Å². The van der Waals surface area contributed by atoms with Crippen LogP contribution in [0.25, 0.3) is 0 Å². The molecule has 0 unspecified atom stereocenters. The molecule has 1 rings (SSSR count). The van der Waals surface area contributed by atoms with E-state index in [0.717, 1.165) is 12.8 Å². The maximum absolute atomic E-state index is 11.5. The minimum absolute atomic E-state index is 0.0369. The van der Waals surface area contributed by atoms with Crippen molar-refractivity contribution < 1.29 is 4.79 Å². The summed E-state index contributed by atoms with van der Waals surface area (Å²) in [5.41, 5.74) is -0.0369. The SMILES string of the molecule is C[C@H]1CCCC(C)(C)C(=O)C1. The van der Waals surface area contributed by atoms with Crippen LogP contribution in [0.3, 0.4) is 0 Å². The van der Waals surface area contributed by atoms with Crippen LogP contribution in [0.5, 0.6) is 0 Å². The predicted molar refractivity (Wildman–Crippen MR) is 46.4 cm³/mol. The minimum Gasteiger partial charge on any atom is -0.299 e. The van der Waals surface area contributed by atoms with Gasteiger partial charge in [0, 0.05) is 11.8 Å². The Balaban J connectivity index is 2.66. The number of rotatable bonds is 0. The molecule has 1 aliphatic rings. The standard InChI is InChI=1S/C10H18O/c1-8-5-4-6-10(2,3)9(11)7-8/h8H,4-7H2,1-3H3/t8-/m0/s1. The summed E-state index contributed by atoms with van der Waals surface area (Å²) in [6.07, 6.45) is 4.33. The molecule has 1 saturated carbocycles. The lowest BCUT2D eigenvalue weighted by atomic mass is 9.83. The molecule has 1 nitrogen and oxygen atoms in total. The smallest absolute Gasteiger partial charge is 0.138 e. The molecule has 1 heteroatoms. The molecule has 1 atom stereocenters. The third kappa shape index (κ3) is 2.05. The summed E-state index contributed by atoms with van der Waals surface area (Å²) >= 11 is 0. The van der Waals surface area contributed by atoms with Crippen LogP contribution < -0.4 is 0 Å². The van der Waals surface area contributed by atoms with Crippen molar-refractivity contribution in [3.63, 3.8) is 0 Å². The molecule has 1 fully saturated rings. The number of hydrogen-bond donors (Lipinski definition) is 0. The molecule has 11 heavy (non-hydrogen) atoms. The molecule has 1 aliphatic carbocycles. The van der Waals surface area contributed by atoms with E-state index in [2.05, 4.69) is 20.8 Å². The van der Waals surface area contributed by atoms with Crippen LogP contribution in [0.1, 0.15) is 46.5 Å². The van der Waals surface area contributed by atoms with Gasteiger partial charge in [-0.25, -0.2) is 0 Å². The van der Waals surface area contributed by atoms with E-state index >= 15 is 0 Å². The van der Waals surface area contributed by atoms with Gasteiger partial charge in [0.15, 0.2) is 0 Å². The first-order valence-electron chi connectivity index (χ1n) is 4.56. The summed E-state index contributed by atoms with van der Waals surface area (Å²) in [6.45, 7) is 6.33. The highest BCUT2D eigenvalue weighted by atomic mass is 16.1. The molecule has 0 aromatic rings. The van der Waals surface area contributed by atoms with Gasteiger partial charge < -0.3 is 0 Å². The summed E-state index contributed by atoms with van der Waals surface area (Å²) in [4.78, 5) is 11.5. The summed E-state index contributed by atoms with van der Waals surface area (Å²) in [6, 6.07) is 0. The number of carbonyl (C=O) groups is 1. The highest BCUT2D eigenvalue weighted by molar-refractivity contribution is 5.84. The minimum atomic E-state index is -0.0369. The first kappa shape index (κ1) is 8.76. The van der Waals surface area contributed by atoms with E-state index in [1.165, 1.54) is 12.8 Å². The zero-order valence-electron chi connectivity index (χ0n) is 7.81. The molecule has 0 heterocycles. The monoisotopic (exact) mass is 154 g/mol. The largest absolute Gasteiger partial charge is 0.299 e. The fourth-order valence-corrected chi connectivity index (χ4v) is 1.73. The van der Waals surface area contributed by atoms with Gasteiger partial charge in [0.05, 0.1) is 0 Å². The average molecular weight is 154 g/mol. The zero-order chi connectivity index (χ0) is 8.48. The quantitative estimate of drug-likeness (QED) is 0.490. The van der Waals surface area contributed by atoms with Crippen LogP contribution in [0.15, 0.2) is 0 Å². The van der Waals surface area contributed by atoms with E-state index in [1.807, 2.05) is 0 Å². The van der Waals surface area contributed by atoms with Crippen molar-refractivity contribution in [2.45, 2.75) is 46.5 Å². The molecule has 64 valence electrons. The zero-order valence-corrected chi connectivity index (χ0v) is 7.81. The Morgan fingerprint density at radius 1 is 1.45 bits per heavy atom. The molecule has 0 saturated heterocycles. The molecule has 0 aromatic carbocycles. The van der Waals surface area contributed by atoms with Crippen LogP contribution in [0.4, 0.5) is 0 Å². The molecule has 0 N–H and O–H groups in total. The van der Waals surface area contributed by atoms with Gasteiger partial charge in [0.25, 0.3) is 0 Å². The molecule has 0 aliphatic heterocycles. The summed E-state index contributed by atoms with van der Waals surface area (Å²) in [5.74, 6) is 1.08. The normalized spacial score (nSPS) is 31.5. The predicted octanol–water partition coefficient (Wildman–Crippen LogP) is 2.79. The molecule has 0 radical (unpaired) electrons. The van der Waals surface area contributed by atoms with Crippen molar-refractivity contribution in [3.05, 3.63) is 0 Å². The molecule has 0 spiro atoms. The number of hydrogen-bond acceptors (Lipinski definition) is 1. The summed E-state index contributed by atoms with van der Waals surface area (Å²) in [7, 11) is 0. The number of ketones is 1. The lowest BCUT2D eigenvalue weighted by molar-refractivity contribution is -0.127. The van der Waals surface area contributed by atoms with E-state index in [9.17, 15) is 4.79 Å². The topological polar surface area (TPSA) is 17.1 Å². The maximum Gasteiger partial charge on any atom is 0.138 e. The fourth-order valence-electron chi connectivity index (χ4n) is 1.73. The van der Waals surface area contributed by atoms with Gasteiger partial charge in [-0.3, -0.25) is 4.79 Å². The van der Waals surface area contributed by atoms with Crippen molar-refractivity contribution in [3.8, 4) is 0 Å². The molecular weight excluding hydrogens is 136 g/mol. The first-order chi connectivity index (χ1) is 5.02. The Kier molecular flexibility index (Phi) is 2.36. The number of Topliss-reactive ketones (excluding diaryl/α,β-unsaturated/α-hetero) is 1. The average Bonchev–Trinajstić information content (AvgIpc) is 1.94. The molecular formula is C10H18O. The van der Waals surface area contributed by atoms with Gasteiger partial charge in [0.1, 0.15) is 5.78 Å². The van der Waals surface area contributed by atoms with Crippen LogP contribution >= 0.6 is 0 Å². The third-order valence-electron chi connectivity index (χ3n) is 2.79. The van der Waals surface area contributed by atoms with E-state index in [-0.39, 0.29) is 5.41 Å². The Morgan fingerprint density at radius 2 is 2.09 bits per heavy atom. The van der Waals surface area contributed by atoms with Gasteiger partial charge >= 0.3 is 0 Å². The molecule has 0 bridgehead atoms. The van der Waals surface area contributed by atoms with Crippen molar-refractivity contribution in [1.82, 2.24) is 0 Å². The van der Waals surface area contributed by atoms with E-state index in [4.69, 9.17) is 0 Å². The second-order valence-electron chi connectivity index (χ2n) is 4.51. The van der Waals surface area contributed by atoms with Crippen LogP contribution in [0.2, 0.25) is 0 Å². The van der Waals surface area contributed by atoms with Gasteiger partial charge in [-0.2, -0.15) is 0 Å². The third-order valence-corrected chi connectivity index (χ3v) is 2.79. The highest BCUT2D eigenvalue weighted by Gasteiger charge is 2.30. The van der Waals surface area contributed by atoms with Crippen molar-refractivity contribution in [1.29, 1.82) is 0 Å². The Labute approximate surface area is 69.2 Å². The number of carbonyl (C=O) groups excluding carboxylic acids is 1. The summed E-state index contributed by atoms with van der Waals surface area (Å²) < 4.78 is 0. The Bertz CT molecular complexity index is 158. The lowest BCUT2D eigenvalue weighted by Crippen LogP contribution is -2.22. The van der Waals surface area contributed by atoms with Crippen LogP contribution in [0, 0.1) is 11.3 Å². The van der Waals surface area contributed by atoms with E-state index < -0.39 is 0 Å². The Hall–Kier alpha value is -0.330. The molecule has 0 aromatic heterocycles. The Morgan fingerprint density at radius 3 is 2.73 bits per heavy atom. The second-order valence-corrected chi connectivity index (χ2v) is 4.51. The van der Waals surface area contributed by atoms with Gasteiger partial charge in [0.2, 0.25) is 0 Å². The maximum atomic E-state index is 11.5. The van der Waals surface area contributed by atoms with E-state index in [0.29, 0.717) is 11.7 Å². The first-order valence-corrected chi connectivity index (χ1v) is 4.56. The highest BCUT2D eigenvalue weighted by Crippen LogP contribution is 2.32. The van der Waals surface area contributed by atoms with Crippen molar-refractivity contribution in [2.75, 3.05) is 0 Å². The van der Waals surface area contributed by atoms with Crippen LogP contribution in [-0.2, 0) is 4.79 Å². The van der Waals surface area contributed by atoms with Gasteiger partial charge in [-0.1, -0.05) is 33.6 Å². The second kappa shape index (κ2) is 2.96. The van der Waals surface area contributed by atoms with Gasteiger partial charge in [-0.05, 0) is 12.3 Å². The molecule has 0 amide bonds.